The Hall–Kier alpha value is -1.17. The Labute approximate surface area is 183 Å². The van der Waals surface area contributed by atoms with E-state index in [4.69, 9.17) is 0 Å². The highest BCUT2D eigenvalue weighted by molar-refractivity contribution is 14.0. The summed E-state index contributed by atoms with van der Waals surface area (Å²) in [5.41, 5.74) is 0.580. The van der Waals surface area contributed by atoms with Crippen LogP contribution in [0.3, 0.4) is 0 Å². The maximum atomic E-state index is 12.5. The maximum Gasteiger partial charge on any atom is 0.387 e. The summed E-state index contributed by atoms with van der Waals surface area (Å²) < 4.78 is 30.4. The monoisotopic (exact) mass is 560 g/mol. The third kappa shape index (κ3) is 7.40. The number of ether oxygens (including phenoxy) is 1. The molecule has 1 saturated heterocycles. The minimum absolute atomic E-state index is 0. The fourth-order valence-electron chi connectivity index (χ4n) is 2.79. The Bertz CT molecular complexity index is 664. The van der Waals surface area contributed by atoms with Crippen LogP contribution in [0.2, 0.25) is 0 Å². The molecule has 1 amide bonds. The molecule has 1 atom stereocenters. The molecule has 1 fully saturated rings. The Morgan fingerprint density at radius 3 is 2.85 bits per heavy atom. The fraction of sp³-hybridized carbons (Fsp3) is 0.529. The van der Waals surface area contributed by atoms with Crippen molar-refractivity contribution in [2.24, 2.45) is 4.99 Å². The van der Waals surface area contributed by atoms with Gasteiger partial charge in [0, 0.05) is 49.2 Å². The van der Waals surface area contributed by atoms with Gasteiger partial charge in [-0.25, -0.2) is 0 Å². The van der Waals surface area contributed by atoms with Gasteiger partial charge in [-0.15, -0.1) is 24.0 Å². The third-order valence-corrected chi connectivity index (χ3v) is 4.59. The van der Waals surface area contributed by atoms with E-state index in [0.717, 1.165) is 17.4 Å². The molecule has 1 aromatic carbocycles. The molecule has 1 aromatic rings. The van der Waals surface area contributed by atoms with Crippen molar-refractivity contribution in [3.8, 4) is 5.75 Å². The van der Waals surface area contributed by atoms with Crippen LogP contribution < -0.4 is 15.4 Å². The average Bonchev–Trinajstić information content (AvgIpc) is 3.08. The number of hydrogen-bond donors (Lipinski definition) is 2. The highest BCUT2D eigenvalue weighted by atomic mass is 127. The molecule has 1 unspecified atom stereocenters. The normalized spacial score (nSPS) is 16.9. The van der Waals surface area contributed by atoms with E-state index in [2.05, 4.69) is 36.3 Å². The van der Waals surface area contributed by atoms with Crippen LogP contribution in [0.5, 0.6) is 5.75 Å². The molecular formula is C17H24BrF2IN4O2. The third-order valence-electron chi connectivity index (χ3n) is 4.09. The SMILES string of the molecule is CCC(=O)N1CCC(NC(=NC)NCc2cc(Br)ccc2OC(F)F)C1.I. The zero-order valence-corrected chi connectivity index (χ0v) is 19.1. The van der Waals surface area contributed by atoms with Crippen molar-refractivity contribution in [2.45, 2.75) is 39.0 Å². The van der Waals surface area contributed by atoms with Crippen molar-refractivity contribution in [3.63, 3.8) is 0 Å². The van der Waals surface area contributed by atoms with Gasteiger partial charge in [0.1, 0.15) is 5.75 Å². The van der Waals surface area contributed by atoms with Gasteiger partial charge < -0.3 is 20.3 Å². The predicted molar refractivity (Wildman–Crippen MR) is 115 cm³/mol. The topological polar surface area (TPSA) is 66.0 Å². The molecule has 6 nitrogen and oxygen atoms in total. The van der Waals surface area contributed by atoms with E-state index in [0.29, 0.717) is 24.5 Å². The van der Waals surface area contributed by atoms with Crippen LogP contribution in [-0.4, -0.2) is 49.6 Å². The minimum Gasteiger partial charge on any atom is -0.434 e. The summed E-state index contributed by atoms with van der Waals surface area (Å²) in [4.78, 5) is 17.7. The second kappa shape index (κ2) is 11.6. The number of carbonyl (C=O) groups is 1. The number of alkyl halides is 2. The number of benzene rings is 1. The van der Waals surface area contributed by atoms with E-state index in [1.807, 2.05) is 11.8 Å². The Kier molecular flexibility index (Phi) is 10.3. The number of halogens is 4. The maximum absolute atomic E-state index is 12.5. The lowest BCUT2D eigenvalue weighted by Crippen LogP contribution is -2.44. The highest BCUT2D eigenvalue weighted by Crippen LogP contribution is 2.24. The lowest BCUT2D eigenvalue weighted by Gasteiger charge is -2.19. The van der Waals surface area contributed by atoms with E-state index in [9.17, 15) is 13.6 Å². The summed E-state index contributed by atoms with van der Waals surface area (Å²) in [6.45, 7) is 0.586. The van der Waals surface area contributed by atoms with Crippen molar-refractivity contribution in [2.75, 3.05) is 20.1 Å². The van der Waals surface area contributed by atoms with Crippen LogP contribution in [0.15, 0.2) is 27.7 Å². The lowest BCUT2D eigenvalue weighted by molar-refractivity contribution is -0.129. The van der Waals surface area contributed by atoms with Gasteiger partial charge in [0.25, 0.3) is 0 Å². The molecule has 2 rings (SSSR count). The summed E-state index contributed by atoms with van der Waals surface area (Å²) >= 11 is 3.33. The zero-order chi connectivity index (χ0) is 19.1. The van der Waals surface area contributed by atoms with Gasteiger partial charge in [-0.05, 0) is 24.6 Å². The van der Waals surface area contributed by atoms with Crippen LogP contribution in [0.4, 0.5) is 8.78 Å². The molecule has 0 aliphatic carbocycles. The molecule has 0 spiro atoms. The quantitative estimate of drug-likeness (QED) is 0.318. The first kappa shape index (κ1) is 23.9. The van der Waals surface area contributed by atoms with Crippen molar-refractivity contribution in [1.82, 2.24) is 15.5 Å². The second-order valence-electron chi connectivity index (χ2n) is 5.88. The molecule has 1 heterocycles. The zero-order valence-electron chi connectivity index (χ0n) is 15.2. The summed E-state index contributed by atoms with van der Waals surface area (Å²) in [6, 6.07) is 4.96. The molecule has 0 radical (unpaired) electrons. The van der Waals surface area contributed by atoms with E-state index in [1.165, 1.54) is 6.07 Å². The molecule has 27 heavy (non-hydrogen) atoms. The molecule has 152 valence electrons. The number of nitrogens with one attached hydrogen (secondary N) is 2. The molecule has 0 aromatic heterocycles. The van der Waals surface area contributed by atoms with Gasteiger partial charge in [-0.2, -0.15) is 8.78 Å². The molecule has 2 N–H and O–H groups in total. The first-order valence-electron chi connectivity index (χ1n) is 8.41. The molecule has 1 aliphatic heterocycles. The van der Waals surface area contributed by atoms with Crippen molar-refractivity contribution >= 4 is 51.8 Å². The summed E-state index contributed by atoms with van der Waals surface area (Å²) in [5.74, 6) is 0.802. The standard InChI is InChI=1S/C17H23BrF2N4O2.HI/c1-3-15(25)24-7-6-13(10-24)23-17(21-2)22-9-11-8-12(18)4-5-14(11)26-16(19)20;/h4-5,8,13,16H,3,6-7,9-10H2,1-2H3,(H2,21,22,23);1H. The number of amides is 1. The van der Waals surface area contributed by atoms with Crippen molar-refractivity contribution < 1.29 is 18.3 Å². The second-order valence-corrected chi connectivity index (χ2v) is 6.80. The Balaban J connectivity index is 0.00000364. The number of nitrogens with zero attached hydrogens (tertiary/aromatic N) is 2. The van der Waals surface area contributed by atoms with E-state index < -0.39 is 6.61 Å². The van der Waals surface area contributed by atoms with Crippen molar-refractivity contribution in [1.29, 1.82) is 0 Å². The number of rotatable bonds is 6. The van der Waals surface area contributed by atoms with Gasteiger partial charge in [0.2, 0.25) is 5.91 Å². The Morgan fingerprint density at radius 1 is 1.48 bits per heavy atom. The van der Waals surface area contributed by atoms with Gasteiger partial charge >= 0.3 is 6.61 Å². The number of likely N-dealkylation sites (tertiary alicyclic amines) is 1. The first-order valence-corrected chi connectivity index (χ1v) is 9.20. The van der Waals surface area contributed by atoms with E-state index in [1.54, 1.807) is 19.2 Å². The molecular weight excluding hydrogens is 537 g/mol. The summed E-state index contributed by atoms with van der Waals surface area (Å²) in [6.07, 6.45) is 1.33. The first-order chi connectivity index (χ1) is 12.4. The molecule has 1 aliphatic rings. The number of aliphatic imine (C=N–C) groups is 1. The van der Waals surface area contributed by atoms with E-state index in [-0.39, 0.29) is 48.2 Å². The molecule has 10 heteroatoms. The largest absolute Gasteiger partial charge is 0.434 e. The van der Waals surface area contributed by atoms with Crippen LogP contribution >= 0.6 is 39.9 Å². The van der Waals surface area contributed by atoms with Gasteiger partial charge in [-0.3, -0.25) is 9.79 Å². The van der Waals surface area contributed by atoms with Crippen LogP contribution in [-0.2, 0) is 11.3 Å². The number of carbonyl (C=O) groups excluding carboxylic acids is 1. The Morgan fingerprint density at radius 2 is 2.22 bits per heavy atom. The number of hydrogen-bond acceptors (Lipinski definition) is 3. The fourth-order valence-corrected chi connectivity index (χ4v) is 3.20. The van der Waals surface area contributed by atoms with E-state index >= 15 is 0 Å². The average molecular weight is 561 g/mol. The van der Waals surface area contributed by atoms with Gasteiger partial charge in [-0.1, -0.05) is 22.9 Å². The highest BCUT2D eigenvalue weighted by Gasteiger charge is 2.25. The summed E-state index contributed by atoms with van der Waals surface area (Å²) in [7, 11) is 1.64. The smallest absolute Gasteiger partial charge is 0.387 e. The number of guanidine groups is 1. The van der Waals surface area contributed by atoms with Gasteiger partial charge in [0.15, 0.2) is 5.96 Å². The molecule has 0 bridgehead atoms. The minimum atomic E-state index is -2.88. The predicted octanol–water partition coefficient (Wildman–Crippen LogP) is 3.34. The lowest BCUT2D eigenvalue weighted by atomic mass is 10.2. The molecule has 0 saturated carbocycles. The van der Waals surface area contributed by atoms with Crippen LogP contribution in [0, 0.1) is 0 Å². The van der Waals surface area contributed by atoms with Gasteiger partial charge in [0.05, 0.1) is 0 Å². The van der Waals surface area contributed by atoms with Crippen LogP contribution in [0.1, 0.15) is 25.3 Å². The summed E-state index contributed by atoms with van der Waals surface area (Å²) in [5, 5.41) is 6.37. The van der Waals surface area contributed by atoms with Crippen molar-refractivity contribution in [3.05, 3.63) is 28.2 Å². The van der Waals surface area contributed by atoms with Crippen LogP contribution in [0.25, 0.3) is 0 Å².